The molecular weight excluding hydrogens is 314 g/mol. The van der Waals surface area contributed by atoms with E-state index in [1.54, 1.807) is 24.3 Å². The van der Waals surface area contributed by atoms with Crippen molar-refractivity contribution in [1.82, 2.24) is 5.32 Å². The van der Waals surface area contributed by atoms with E-state index in [4.69, 9.17) is 5.73 Å². The van der Waals surface area contributed by atoms with Crippen molar-refractivity contribution in [3.63, 3.8) is 0 Å². The molecule has 0 aromatic heterocycles. The summed E-state index contributed by atoms with van der Waals surface area (Å²) in [6, 6.07) is 6.47. The molecule has 4 saturated carbocycles. The Hall–Kier alpha value is -1.88. The van der Waals surface area contributed by atoms with Crippen molar-refractivity contribution < 1.29 is 9.59 Å². The van der Waals surface area contributed by atoms with Crippen molar-refractivity contribution >= 4 is 17.5 Å². The molecule has 0 aliphatic heterocycles. The Bertz CT molecular complexity index is 647. The van der Waals surface area contributed by atoms with Gasteiger partial charge in [0, 0.05) is 16.8 Å². The normalized spacial score (nSPS) is 33.9. The summed E-state index contributed by atoms with van der Waals surface area (Å²) in [5, 5.41) is 6.62. The average molecular weight is 341 g/mol. The molecule has 0 unspecified atom stereocenters. The van der Waals surface area contributed by atoms with Gasteiger partial charge in [-0.3, -0.25) is 9.59 Å². The number of carbonyl (C=O) groups excluding carboxylic acids is 2. The molecule has 1 aromatic rings. The van der Waals surface area contributed by atoms with Gasteiger partial charge in [-0.05, 0) is 87.5 Å². The highest BCUT2D eigenvalue weighted by atomic mass is 16.2. The van der Waals surface area contributed by atoms with E-state index in [-0.39, 0.29) is 17.5 Å². The summed E-state index contributed by atoms with van der Waals surface area (Å²) in [4.78, 5) is 23.7. The third-order valence-electron chi connectivity index (χ3n) is 6.39. The van der Waals surface area contributed by atoms with Crippen LogP contribution in [0.3, 0.4) is 0 Å². The molecule has 4 N–H and O–H groups in total. The first-order valence-corrected chi connectivity index (χ1v) is 9.41. The Morgan fingerprint density at radius 3 is 2.04 bits per heavy atom. The monoisotopic (exact) mass is 341 g/mol. The molecule has 2 amide bonds. The second-order valence-electron chi connectivity index (χ2n) is 8.49. The third-order valence-corrected chi connectivity index (χ3v) is 6.39. The quantitative estimate of drug-likeness (QED) is 0.770. The molecule has 5 heteroatoms. The highest BCUT2D eigenvalue weighted by Gasteiger charge is 2.51. The Kier molecular flexibility index (Phi) is 4.07. The molecule has 134 valence electrons. The Morgan fingerprint density at radius 1 is 1.04 bits per heavy atom. The number of rotatable bonds is 5. The minimum Gasteiger partial charge on any atom is -0.366 e. The minimum atomic E-state index is -0.463. The van der Waals surface area contributed by atoms with Crippen LogP contribution in [0.5, 0.6) is 0 Å². The molecule has 4 aliphatic rings. The van der Waals surface area contributed by atoms with Crippen molar-refractivity contribution in [2.75, 3.05) is 5.32 Å². The van der Waals surface area contributed by atoms with Crippen molar-refractivity contribution in [2.45, 2.75) is 57.0 Å². The molecule has 5 rings (SSSR count). The average Bonchev–Trinajstić information content (AvgIpc) is 2.53. The second-order valence-corrected chi connectivity index (χ2v) is 8.49. The van der Waals surface area contributed by atoms with E-state index in [9.17, 15) is 9.59 Å². The van der Waals surface area contributed by atoms with Gasteiger partial charge in [0.05, 0.1) is 6.04 Å². The molecule has 1 atom stereocenters. The van der Waals surface area contributed by atoms with Crippen LogP contribution >= 0.6 is 0 Å². The SMILES string of the molecule is C[C@@H](NC12CC3CC(CC(C3)C1)C2)C(=O)Nc1ccc(C(N)=O)cc1. The zero-order chi connectivity index (χ0) is 17.6. The fraction of sp³-hybridized carbons (Fsp3) is 0.600. The van der Waals surface area contributed by atoms with Crippen LogP contribution in [0.1, 0.15) is 55.8 Å². The topological polar surface area (TPSA) is 84.2 Å². The van der Waals surface area contributed by atoms with Gasteiger partial charge in [0.1, 0.15) is 0 Å². The maximum atomic E-state index is 12.6. The van der Waals surface area contributed by atoms with Crippen LogP contribution in [-0.2, 0) is 4.79 Å². The summed E-state index contributed by atoms with van der Waals surface area (Å²) >= 11 is 0. The molecule has 0 heterocycles. The molecule has 5 nitrogen and oxygen atoms in total. The predicted octanol–water partition coefficient (Wildman–Crippen LogP) is 2.67. The van der Waals surface area contributed by atoms with Crippen LogP contribution in [0.15, 0.2) is 24.3 Å². The van der Waals surface area contributed by atoms with Gasteiger partial charge in [0.2, 0.25) is 11.8 Å². The molecule has 0 radical (unpaired) electrons. The largest absolute Gasteiger partial charge is 0.366 e. The van der Waals surface area contributed by atoms with Crippen LogP contribution < -0.4 is 16.4 Å². The number of nitrogens with one attached hydrogen (secondary N) is 2. The molecule has 4 fully saturated rings. The van der Waals surface area contributed by atoms with Gasteiger partial charge in [-0.2, -0.15) is 0 Å². The minimum absolute atomic E-state index is 0.0254. The number of amides is 2. The molecule has 4 aliphatic carbocycles. The first-order valence-electron chi connectivity index (χ1n) is 9.41. The van der Waals surface area contributed by atoms with Crippen molar-refractivity contribution in [3.8, 4) is 0 Å². The predicted molar refractivity (Wildman–Crippen MR) is 97.1 cm³/mol. The number of nitrogens with two attached hydrogens (primary N) is 1. The number of hydrogen-bond donors (Lipinski definition) is 3. The number of benzene rings is 1. The maximum absolute atomic E-state index is 12.6. The fourth-order valence-corrected chi connectivity index (χ4v) is 5.78. The van der Waals surface area contributed by atoms with Crippen molar-refractivity contribution in [1.29, 1.82) is 0 Å². The summed E-state index contributed by atoms with van der Waals surface area (Å²) in [7, 11) is 0. The molecule has 1 aromatic carbocycles. The lowest BCUT2D eigenvalue weighted by molar-refractivity contribution is -0.119. The van der Waals surface area contributed by atoms with Crippen molar-refractivity contribution in [3.05, 3.63) is 29.8 Å². The Morgan fingerprint density at radius 2 is 1.56 bits per heavy atom. The molecule has 0 spiro atoms. The standard InChI is InChI=1S/C20H27N3O2/c1-12(19(25)22-17-4-2-16(3-5-17)18(21)24)23-20-9-13-6-14(10-20)8-15(7-13)11-20/h2-5,12-15,23H,6-11H2,1H3,(H2,21,24)(H,22,25)/t12-,13?,14?,15?,20?/m1/s1. The summed E-state index contributed by atoms with van der Waals surface area (Å²) in [5.41, 5.74) is 6.54. The number of anilines is 1. The molecule has 0 saturated heterocycles. The first-order chi connectivity index (χ1) is 11.9. The Balaban J connectivity index is 1.38. The van der Waals surface area contributed by atoms with Crippen LogP contribution in [0, 0.1) is 17.8 Å². The lowest BCUT2D eigenvalue weighted by Gasteiger charge is -2.57. The van der Waals surface area contributed by atoms with Crippen LogP contribution in [0.4, 0.5) is 5.69 Å². The molecule has 4 bridgehead atoms. The van der Waals surface area contributed by atoms with Gasteiger partial charge < -0.3 is 16.4 Å². The van der Waals surface area contributed by atoms with Gasteiger partial charge >= 0.3 is 0 Å². The van der Waals surface area contributed by atoms with E-state index < -0.39 is 5.91 Å². The van der Waals surface area contributed by atoms with Gasteiger partial charge in [0.15, 0.2) is 0 Å². The summed E-state index contributed by atoms with van der Waals surface area (Å²) < 4.78 is 0. The van der Waals surface area contributed by atoms with Crippen LogP contribution in [0.25, 0.3) is 0 Å². The summed E-state index contributed by atoms with van der Waals surface area (Å²) in [6.45, 7) is 1.95. The zero-order valence-corrected chi connectivity index (χ0v) is 14.8. The van der Waals surface area contributed by atoms with E-state index >= 15 is 0 Å². The second kappa shape index (κ2) is 6.13. The van der Waals surface area contributed by atoms with Gasteiger partial charge in [-0.1, -0.05) is 0 Å². The lowest BCUT2D eigenvalue weighted by atomic mass is 9.53. The zero-order valence-electron chi connectivity index (χ0n) is 14.8. The smallest absolute Gasteiger partial charge is 0.248 e. The maximum Gasteiger partial charge on any atom is 0.248 e. The van der Waals surface area contributed by atoms with Crippen LogP contribution in [-0.4, -0.2) is 23.4 Å². The van der Waals surface area contributed by atoms with Crippen LogP contribution in [0.2, 0.25) is 0 Å². The molecular formula is C20H27N3O2. The van der Waals surface area contributed by atoms with E-state index in [1.165, 1.54) is 38.5 Å². The third kappa shape index (κ3) is 3.30. The van der Waals surface area contributed by atoms with E-state index in [1.807, 2.05) is 6.92 Å². The highest BCUT2D eigenvalue weighted by Crippen LogP contribution is 2.55. The number of primary amides is 1. The highest BCUT2D eigenvalue weighted by molar-refractivity contribution is 5.96. The van der Waals surface area contributed by atoms with Gasteiger partial charge in [0.25, 0.3) is 0 Å². The van der Waals surface area contributed by atoms with Gasteiger partial charge in [-0.25, -0.2) is 0 Å². The van der Waals surface area contributed by atoms with Crippen molar-refractivity contribution in [2.24, 2.45) is 23.5 Å². The first kappa shape index (κ1) is 16.6. The van der Waals surface area contributed by atoms with E-state index in [2.05, 4.69) is 10.6 Å². The summed E-state index contributed by atoms with van der Waals surface area (Å²) in [6.07, 6.45) is 7.87. The van der Waals surface area contributed by atoms with E-state index in [0.29, 0.717) is 11.3 Å². The van der Waals surface area contributed by atoms with Gasteiger partial charge in [-0.15, -0.1) is 0 Å². The number of hydrogen-bond acceptors (Lipinski definition) is 3. The van der Waals surface area contributed by atoms with E-state index in [0.717, 1.165) is 17.8 Å². The molecule has 25 heavy (non-hydrogen) atoms. The summed E-state index contributed by atoms with van der Waals surface area (Å²) in [5.74, 6) is 2.08. The fourth-order valence-electron chi connectivity index (χ4n) is 5.78. The number of carbonyl (C=O) groups is 2. The lowest BCUT2D eigenvalue weighted by Crippen LogP contribution is -2.62. The Labute approximate surface area is 148 Å².